The Morgan fingerprint density at radius 2 is 1.92 bits per heavy atom. The van der Waals surface area contributed by atoms with E-state index in [0.29, 0.717) is 17.8 Å². The lowest BCUT2D eigenvalue weighted by molar-refractivity contribution is -0.240. The average Bonchev–Trinajstić information content (AvgIpc) is 2.77. The van der Waals surface area contributed by atoms with Gasteiger partial charge in [-0.2, -0.15) is 0 Å². The second kappa shape index (κ2) is 5.34. The Morgan fingerprint density at radius 3 is 2.60 bits per heavy atom. The summed E-state index contributed by atoms with van der Waals surface area (Å²) < 4.78 is 5.99. The molecular weight excluding hydrogens is 312 g/mol. The van der Waals surface area contributed by atoms with E-state index in [0.717, 1.165) is 38.5 Å². The molecule has 0 aromatic carbocycles. The van der Waals surface area contributed by atoms with Gasteiger partial charge in [0.05, 0.1) is 6.10 Å². The molecule has 1 spiro atoms. The van der Waals surface area contributed by atoms with Gasteiger partial charge in [0.15, 0.2) is 0 Å². The second-order valence-electron chi connectivity index (χ2n) is 10.4. The van der Waals surface area contributed by atoms with Crippen molar-refractivity contribution >= 4 is 5.97 Å². The van der Waals surface area contributed by atoms with Gasteiger partial charge >= 0.3 is 5.97 Å². The number of rotatable bonds is 1. The summed E-state index contributed by atoms with van der Waals surface area (Å²) in [6.45, 7) is 13.0. The van der Waals surface area contributed by atoms with Crippen LogP contribution in [0.25, 0.3) is 0 Å². The molecule has 0 unspecified atom stereocenters. The molecule has 0 aromatic rings. The smallest absolute Gasteiger partial charge is 0.302 e. The van der Waals surface area contributed by atoms with Gasteiger partial charge < -0.3 is 9.84 Å². The maximum atomic E-state index is 11.9. The third kappa shape index (κ3) is 2.23. The Kier molecular flexibility index (Phi) is 3.76. The quantitative estimate of drug-likeness (QED) is 0.562. The van der Waals surface area contributed by atoms with Crippen LogP contribution in [0.15, 0.2) is 12.2 Å². The predicted molar refractivity (Wildman–Crippen MR) is 97.8 cm³/mol. The minimum Gasteiger partial charge on any atom is -0.462 e. The van der Waals surface area contributed by atoms with Crippen molar-refractivity contribution in [3.8, 4) is 0 Å². The van der Waals surface area contributed by atoms with E-state index < -0.39 is 0 Å². The van der Waals surface area contributed by atoms with E-state index in [2.05, 4.69) is 27.4 Å². The Labute approximate surface area is 152 Å². The third-order valence-electron chi connectivity index (χ3n) is 8.88. The number of hydrogen-bond donors (Lipinski definition) is 1. The zero-order valence-corrected chi connectivity index (χ0v) is 16.3. The van der Waals surface area contributed by atoms with Gasteiger partial charge in [0.25, 0.3) is 0 Å². The molecule has 4 fully saturated rings. The molecule has 0 amide bonds. The van der Waals surface area contributed by atoms with Crippen molar-refractivity contribution in [1.29, 1.82) is 0 Å². The molecule has 0 heterocycles. The Bertz CT molecular complexity index is 608. The molecule has 7 atom stereocenters. The lowest BCUT2D eigenvalue weighted by atomic mass is 9.39. The first-order valence-electron chi connectivity index (χ1n) is 10.1. The van der Waals surface area contributed by atoms with Gasteiger partial charge in [0, 0.05) is 17.8 Å². The number of allylic oxidation sites excluding steroid dienone is 1. The summed E-state index contributed by atoms with van der Waals surface area (Å²) in [4.78, 5) is 11.9. The zero-order chi connectivity index (χ0) is 18.2. The van der Waals surface area contributed by atoms with Crippen LogP contribution in [-0.4, -0.2) is 23.3 Å². The molecule has 3 heteroatoms. The first-order chi connectivity index (χ1) is 11.6. The lowest BCUT2D eigenvalue weighted by Crippen LogP contribution is -2.65. The molecule has 4 saturated carbocycles. The van der Waals surface area contributed by atoms with Crippen molar-refractivity contribution in [1.82, 2.24) is 0 Å². The number of carbonyl (C=O) groups is 1. The minimum absolute atomic E-state index is 0.00528. The molecule has 4 aliphatic rings. The molecule has 0 radical (unpaired) electrons. The van der Waals surface area contributed by atoms with Gasteiger partial charge in [-0.1, -0.05) is 32.9 Å². The van der Waals surface area contributed by atoms with Crippen LogP contribution in [0.3, 0.4) is 0 Å². The first kappa shape index (κ1) is 17.6. The standard InChI is InChI=1S/C22H34O3/c1-13-11-22-12-15(13)6-7-16(22)21(5)17(10-19(22)25-14(2)23)20(3,4)9-8-18(21)24/h15-19,24H,1,6-12H2,2-5H3/t15-,16+,17-,18+,19-,21+,22+/m1/s1. The van der Waals surface area contributed by atoms with Crippen molar-refractivity contribution in [2.75, 3.05) is 0 Å². The van der Waals surface area contributed by atoms with Crippen molar-refractivity contribution in [2.45, 2.75) is 84.8 Å². The summed E-state index contributed by atoms with van der Waals surface area (Å²) in [7, 11) is 0. The van der Waals surface area contributed by atoms with E-state index in [-0.39, 0.29) is 34.4 Å². The predicted octanol–water partition coefficient (Wildman–Crippen LogP) is 4.49. The number of hydrogen-bond acceptors (Lipinski definition) is 3. The molecule has 4 aliphatic carbocycles. The van der Waals surface area contributed by atoms with Crippen LogP contribution >= 0.6 is 0 Å². The molecule has 4 rings (SSSR count). The second-order valence-corrected chi connectivity index (χ2v) is 10.4. The monoisotopic (exact) mass is 346 g/mol. The minimum atomic E-state index is -0.240. The van der Waals surface area contributed by atoms with Crippen LogP contribution in [0.2, 0.25) is 0 Å². The fourth-order valence-electron chi connectivity index (χ4n) is 7.80. The molecule has 1 N–H and O–H groups in total. The Hall–Kier alpha value is -0.830. The third-order valence-corrected chi connectivity index (χ3v) is 8.88. The summed E-state index contributed by atoms with van der Waals surface area (Å²) in [6, 6.07) is 0. The maximum Gasteiger partial charge on any atom is 0.302 e. The van der Waals surface area contributed by atoms with Crippen molar-refractivity contribution in [3.63, 3.8) is 0 Å². The number of carbonyl (C=O) groups excluding carboxylic acids is 1. The first-order valence-corrected chi connectivity index (χ1v) is 10.1. The van der Waals surface area contributed by atoms with Crippen LogP contribution in [0, 0.1) is 34.0 Å². The number of aliphatic hydroxyl groups excluding tert-OH is 1. The van der Waals surface area contributed by atoms with E-state index in [1.165, 1.54) is 12.0 Å². The van der Waals surface area contributed by atoms with Crippen LogP contribution in [0.5, 0.6) is 0 Å². The van der Waals surface area contributed by atoms with E-state index >= 15 is 0 Å². The highest BCUT2D eigenvalue weighted by atomic mass is 16.5. The fraction of sp³-hybridized carbons (Fsp3) is 0.864. The normalized spacial score (nSPS) is 50.8. The van der Waals surface area contributed by atoms with E-state index in [1.54, 1.807) is 6.92 Å². The van der Waals surface area contributed by atoms with Crippen LogP contribution in [0.1, 0.15) is 72.6 Å². The van der Waals surface area contributed by atoms with Crippen LogP contribution in [-0.2, 0) is 9.53 Å². The van der Waals surface area contributed by atoms with E-state index in [1.807, 2.05) is 0 Å². The van der Waals surface area contributed by atoms with E-state index in [4.69, 9.17) is 4.74 Å². The summed E-state index contributed by atoms with van der Waals surface area (Å²) in [6.07, 6.45) is 7.01. The number of ether oxygens (including phenoxy) is 1. The van der Waals surface area contributed by atoms with Gasteiger partial charge in [-0.25, -0.2) is 0 Å². The van der Waals surface area contributed by atoms with Gasteiger partial charge in [-0.15, -0.1) is 0 Å². The number of esters is 1. The van der Waals surface area contributed by atoms with Crippen LogP contribution in [0.4, 0.5) is 0 Å². The number of aliphatic hydroxyl groups is 1. The summed E-state index contributed by atoms with van der Waals surface area (Å²) in [5.41, 5.74) is 1.46. The summed E-state index contributed by atoms with van der Waals surface area (Å²) in [5, 5.41) is 11.2. The van der Waals surface area contributed by atoms with Gasteiger partial charge in [0.1, 0.15) is 6.10 Å². The molecule has 25 heavy (non-hydrogen) atoms. The van der Waals surface area contributed by atoms with Gasteiger partial charge in [-0.05, 0) is 68.1 Å². The maximum absolute atomic E-state index is 11.9. The topological polar surface area (TPSA) is 46.5 Å². The molecule has 140 valence electrons. The Morgan fingerprint density at radius 1 is 1.20 bits per heavy atom. The van der Waals surface area contributed by atoms with Crippen LogP contribution < -0.4 is 0 Å². The fourth-order valence-corrected chi connectivity index (χ4v) is 7.80. The van der Waals surface area contributed by atoms with Crippen molar-refractivity contribution in [2.24, 2.45) is 34.0 Å². The largest absolute Gasteiger partial charge is 0.462 e. The summed E-state index contributed by atoms with van der Waals surface area (Å²) >= 11 is 0. The Balaban J connectivity index is 1.83. The lowest BCUT2D eigenvalue weighted by Gasteiger charge is -2.66. The molecule has 3 nitrogen and oxygen atoms in total. The number of fused-ring (bicyclic) bond motifs is 3. The van der Waals surface area contributed by atoms with Gasteiger partial charge in [-0.3, -0.25) is 4.79 Å². The molecular formula is C22H34O3. The highest BCUT2D eigenvalue weighted by Crippen LogP contribution is 2.72. The average molecular weight is 347 g/mol. The van der Waals surface area contributed by atoms with Gasteiger partial charge in [0.2, 0.25) is 0 Å². The SMILES string of the molecule is C=C1C[C@]23C[C@H]1CC[C@H]2[C@@]1(C)[C@H](C[C@H]3OC(C)=O)C(C)(C)CC[C@@H]1O. The summed E-state index contributed by atoms with van der Waals surface area (Å²) in [5.74, 6) is 1.25. The van der Waals surface area contributed by atoms with E-state index in [9.17, 15) is 9.90 Å². The molecule has 0 aliphatic heterocycles. The molecule has 0 saturated heterocycles. The highest BCUT2D eigenvalue weighted by Gasteiger charge is 2.69. The highest BCUT2D eigenvalue weighted by molar-refractivity contribution is 5.66. The molecule has 0 aromatic heterocycles. The molecule has 2 bridgehead atoms. The zero-order valence-electron chi connectivity index (χ0n) is 16.3. The van der Waals surface area contributed by atoms with Crippen molar-refractivity contribution in [3.05, 3.63) is 12.2 Å². The van der Waals surface area contributed by atoms with Crippen molar-refractivity contribution < 1.29 is 14.6 Å².